The van der Waals surface area contributed by atoms with Crippen LogP contribution < -0.4 is 24.3 Å². The lowest BCUT2D eigenvalue weighted by molar-refractivity contribution is -0.129. The van der Waals surface area contributed by atoms with E-state index in [0.29, 0.717) is 30.2 Å². The highest BCUT2D eigenvalue weighted by Crippen LogP contribution is 2.30. The van der Waals surface area contributed by atoms with Gasteiger partial charge in [-0.05, 0) is 59.5 Å². The quantitative estimate of drug-likeness (QED) is 0.0733. The van der Waals surface area contributed by atoms with Crippen LogP contribution in [-0.2, 0) is 16.1 Å². The standard InChI is InChI=1S/C34H36N2O6/c1-4-5-6-10-19-41-29-16-13-25(21-31(29)39-2)15-18-33(37)42-30-17-14-27(22-32(30)40-3)20-28(23-35)34(38)36-24-26-11-8-7-9-12-26/h7-9,11-18,20-22H,4-6,10,19,24H2,1-3H3,(H,36,38)/b18-15+,28-20+. The van der Waals surface area contributed by atoms with Gasteiger partial charge in [-0.2, -0.15) is 5.26 Å². The minimum Gasteiger partial charge on any atom is -0.493 e. The van der Waals surface area contributed by atoms with Gasteiger partial charge in [0.2, 0.25) is 0 Å². The third-order valence-corrected chi connectivity index (χ3v) is 6.23. The molecule has 0 aromatic heterocycles. The Bertz CT molecular complexity index is 1440. The summed E-state index contributed by atoms with van der Waals surface area (Å²) < 4.78 is 22.2. The fraction of sp³-hybridized carbons (Fsp3) is 0.265. The molecule has 0 aliphatic rings. The first kappa shape index (κ1) is 31.5. The van der Waals surface area contributed by atoms with Crippen LogP contribution in [-0.4, -0.2) is 32.7 Å². The zero-order valence-electron chi connectivity index (χ0n) is 24.2. The van der Waals surface area contributed by atoms with E-state index in [2.05, 4.69) is 12.2 Å². The molecular weight excluding hydrogens is 532 g/mol. The van der Waals surface area contributed by atoms with E-state index in [1.54, 1.807) is 37.5 Å². The van der Waals surface area contributed by atoms with Gasteiger partial charge >= 0.3 is 5.97 Å². The molecule has 8 nitrogen and oxygen atoms in total. The molecule has 3 aromatic carbocycles. The number of ether oxygens (including phenoxy) is 4. The van der Waals surface area contributed by atoms with Crippen molar-refractivity contribution in [1.82, 2.24) is 5.32 Å². The number of esters is 1. The minimum absolute atomic E-state index is 0.0657. The van der Waals surface area contributed by atoms with Crippen molar-refractivity contribution in [3.8, 4) is 29.1 Å². The smallest absolute Gasteiger partial charge is 0.336 e. The van der Waals surface area contributed by atoms with Gasteiger partial charge in [-0.1, -0.05) is 68.7 Å². The van der Waals surface area contributed by atoms with E-state index in [4.69, 9.17) is 18.9 Å². The van der Waals surface area contributed by atoms with Gasteiger partial charge < -0.3 is 24.3 Å². The lowest BCUT2D eigenvalue weighted by Crippen LogP contribution is -2.23. The Labute approximate surface area is 247 Å². The third-order valence-electron chi connectivity index (χ3n) is 6.23. The molecule has 42 heavy (non-hydrogen) atoms. The number of amides is 1. The molecule has 3 aromatic rings. The van der Waals surface area contributed by atoms with Crippen LogP contribution in [0.25, 0.3) is 12.2 Å². The topological polar surface area (TPSA) is 107 Å². The van der Waals surface area contributed by atoms with Crippen LogP contribution in [0.2, 0.25) is 0 Å². The first-order chi connectivity index (χ1) is 20.5. The van der Waals surface area contributed by atoms with Crippen molar-refractivity contribution in [2.45, 2.75) is 39.2 Å². The van der Waals surface area contributed by atoms with Crippen LogP contribution >= 0.6 is 0 Å². The lowest BCUT2D eigenvalue weighted by atomic mass is 10.1. The molecule has 218 valence electrons. The van der Waals surface area contributed by atoms with E-state index in [9.17, 15) is 14.9 Å². The molecule has 0 spiro atoms. The van der Waals surface area contributed by atoms with Crippen molar-refractivity contribution in [3.63, 3.8) is 0 Å². The summed E-state index contributed by atoms with van der Waals surface area (Å²) in [7, 11) is 3.01. The van der Waals surface area contributed by atoms with Gasteiger partial charge in [0, 0.05) is 12.6 Å². The summed E-state index contributed by atoms with van der Waals surface area (Å²) in [5, 5.41) is 12.3. The van der Waals surface area contributed by atoms with E-state index >= 15 is 0 Å². The maximum atomic E-state index is 12.6. The molecule has 0 unspecified atom stereocenters. The lowest BCUT2D eigenvalue weighted by Gasteiger charge is -2.11. The molecule has 0 radical (unpaired) electrons. The summed E-state index contributed by atoms with van der Waals surface area (Å²) in [5.74, 6) is 0.599. The number of nitriles is 1. The van der Waals surface area contributed by atoms with E-state index in [-0.39, 0.29) is 17.1 Å². The molecule has 0 aliphatic heterocycles. The average Bonchev–Trinajstić information content (AvgIpc) is 3.02. The molecule has 3 rings (SSSR count). The summed E-state index contributed by atoms with van der Waals surface area (Å²) in [6.07, 6.45) is 8.82. The molecule has 0 fully saturated rings. The van der Waals surface area contributed by atoms with Gasteiger partial charge in [0.15, 0.2) is 23.0 Å². The van der Waals surface area contributed by atoms with E-state index < -0.39 is 11.9 Å². The SMILES string of the molecule is CCCCCCOc1ccc(/C=C/C(=O)Oc2ccc(/C=C(\C#N)C(=O)NCc3ccccc3)cc2OC)cc1OC. The summed E-state index contributed by atoms with van der Waals surface area (Å²) >= 11 is 0. The Morgan fingerprint density at radius 3 is 2.26 bits per heavy atom. The molecule has 8 heteroatoms. The van der Waals surface area contributed by atoms with Crippen LogP contribution in [0.4, 0.5) is 0 Å². The molecule has 0 aliphatic carbocycles. The largest absolute Gasteiger partial charge is 0.493 e. The first-order valence-electron chi connectivity index (χ1n) is 13.8. The highest BCUT2D eigenvalue weighted by molar-refractivity contribution is 6.01. The number of carbonyl (C=O) groups excluding carboxylic acids is 2. The predicted octanol–water partition coefficient (Wildman–Crippen LogP) is 6.51. The first-order valence-corrected chi connectivity index (χ1v) is 13.8. The Morgan fingerprint density at radius 2 is 1.55 bits per heavy atom. The Hall–Kier alpha value is -5.03. The van der Waals surface area contributed by atoms with Crippen LogP contribution in [0.5, 0.6) is 23.0 Å². The van der Waals surface area contributed by atoms with Crippen molar-refractivity contribution in [2.75, 3.05) is 20.8 Å². The highest BCUT2D eigenvalue weighted by atomic mass is 16.6. The van der Waals surface area contributed by atoms with Crippen LogP contribution in [0.3, 0.4) is 0 Å². The summed E-state index contributed by atoms with van der Waals surface area (Å²) in [6, 6.07) is 21.5. The minimum atomic E-state index is -0.607. The number of carbonyl (C=O) groups is 2. The van der Waals surface area contributed by atoms with E-state index in [1.165, 1.54) is 32.1 Å². The van der Waals surface area contributed by atoms with Crippen molar-refractivity contribution >= 4 is 24.0 Å². The van der Waals surface area contributed by atoms with Crippen molar-refractivity contribution < 1.29 is 28.5 Å². The van der Waals surface area contributed by atoms with Gasteiger partial charge in [0.1, 0.15) is 11.6 Å². The van der Waals surface area contributed by atoms with Crippen LogP contribution in [0.15, 0.2) is 78.4 Å². The molecule has 0 heterocycles. The number of nitrogens with one attached hydrogen (secondary N) is 1. The van der Waals surface area contributed by atoms with Crippen molar-refractivity contribution in [3.05, 3.63) is 95.1 Å². The summed E-state index contributed by atoms with van der Waals surface area (Å²) in [4.78, 5) is 25.1. The molecule has 0 bridgehead atoms. The van der Waals surface area contributed by atoms with Crippen molar-refractivity contribution in [1.29, 1.82) is 5.26 Å². The Balaban J connectivity index is 1.62. The molecule has 0 saturated carbocycles. The Morgan fingerprint density at radius 1 is 0.857 bits per heavy atom. The second-order valence-electron chi connectivity index (χ2n) is 9.32. The number of hydrogen-bond acceptors (Lipinski definition) is 7. The second kappa shape index (κ2) is 16.9. The zero-order valence-corrected chi connectivity index (χ0v) is 24.2. The number of benzene rings is 3. The predicted molar refractivity (Wildman–Crippen MR) is 162 cm³/mol. The van der Waals surface area contributed by atoms with Gasteiger partial charge in [-0.3, -0.25) is 4.79 Å². The van der Waals surface area contributed by atoms with Crippen molar-refractivity contribution in [2.24, 2.45) is 0 Å². The van der Waals surface area contributed by atoms with Crippen LogP contribution in [0.1, 0.15) is 49.3 Å². The van der Waals surface area contributed by atoms with Gasteiger partial charge in [0.25, 0.3) is 5.91 Å². The summed E-state index contributed by atoms with van der Waals surface area (Å²) in [6.45, 7) is 3.09. The Kier molecular flexibility index (Phi) is 12.7. The molecule has 1 amide bonds. The number of hydrogen-bond donors (Lipinski definition) is 1. The second-order valence-corrected chi connectivity index (χ2v) is 9.32. The molecule has 0 saturated heterocycles. The third kappa shape index (κ3) is 9.86. The maximum Gasteiger partial charge on any atom is 0.336 e. The normalized spacial score (nSPS) is 11.0. The average molecular weight is 569 g/mol. The molecular formula is C34H36N2O6. The number of rotatable bonds is 15. The van der Waals surface area contributed by atoms with Gasteiger partial charge in [-0.15, -0.1) is 0 Å². The molecule has 1 N–H and O–H groups in total. The summed E-state index contributed by atoms with van der Waals surface area (Å²) in [5.41, 5.74) is 2.13. The highest BCUT2D eigenvalue weighted by Gasteiger charge is 2.12. The fourth-order valence-corrected chi connectivity index (χ4v) is 3.97. The van der Waals surface area contributed by atoms with Crippen LogP contribution in [0, 0.1) is 11.3 Å². The number of nitrogens with zero attached hydrogens (tertiary/aromatic N) is 1. The molecule has 0 atom stereocenters. The monoisotopic (exact) mass is 568 g/mol. The number of unbranched alkanes of at least 4 members (excludes halogenated alkanes) is 3. The van der Waals surface area contributed by atoms with Gasteiger partial charge in [-0.25, -0.2) is 4.79 Å². The van der Waals surface area contributed by atoms with E-state index in [0.717, 1.165) is 24.0 Å². The maximum absolute atomic E-state index is 12.6. The van der Waals surface area contributed by atoms with E-state index in [1.807, 2.05) is 48.5 Å². The zero-order chi connectivity index (χ0) is 30.2. The fourth-order valence-electron chi connectivity index (χ4n) is 3.97. The van der Waals surface area contributed by atoms with Gasteiger partial charge in [0.05, 0.1) is 20.8 Å². The number of methoxy groups -OCH3 is 2.